The summed E-state index contributed by atoms with van der Waals surface area (Å²) in [6.07, 6.45) is 0. The summed E-state index contributed by atoms with van der Waals surface area (Å²) < 4.78 is 11.6. The number of carboxylic acids is 1. The number of ether oxygens (including phenoxy) is 2. The lowest BCUT2D eigenvalue weighted by molar-refractivity contribution is -0.138. The van der Waals surface area contributed by atoms with Crippen molar-refractivity contribution in [3.05, 3.63) is 53.6 Å². The molecule has 1 aliphatic rings. The van der Waals surface area contributed by atoms with Crippen LogP contribution in [0.1, 0.15) is 24.0 Å². The van der Waals surface area contributed by atoms with Gasteiger partial charge in [0.25, 0.3) is 0 Å². The minimum absolute atomic E-state index is 0.411. The average Bonchev–Trinajstić information content (AvgIpc) is 2.64. The van der Waals surface area contributed by atoms with Crippen molar-refractivity contribution in [2.24, 2.45) is 0 Å². The van der Waals surface area contributed by atoms with E-state index in [2.05, 4.69) is 0 Å². The molecule has 4 nitrogen and oxygen atoms in total. The Labute approximate surface area is 116 Å². The predicted molar refractivity (Wildman–Crippen MR) is 73.3 cm³/mol. The van der Waals surface area contributed by atoms with Crippen LogP contribution in [0.4, 0.5) is 0 Å². The first kappa shape index (κ1) is 12.5. The lowest BCUT2D eigenvalue weighted by Gasteiger charge is -2.11. The van der Waals surface area contributed by atoms with E-state index in [9.17, 15) is 4.79 Å². The van der Waals surface area contributed by atoms with Gasteiger partial charge in [0.15, 0.2) is 11.5 Å². The van der Waals surface area contributed by atoms with Gasteiger partial charge < -0.3 is 14.6 Å². The van der Waals surface area contributed by atoms with Gasteiger partial charge in [-0.1, -0.05) is 24.3 Å². The Kier molecular flexibility index (Phi) is 3.06. The van der Waals surface area contributed by atoms with E-state index in [0.29, 0.717) is 23.7 Å². The third-order valence-corrected chi connectivity index (χ3v) is 3.41. The molecule has 0 aliphatic carbocycles. The Balaban J connectivity index is 1.97. The van der Waals surface area contributed by atoms with Gasteiger partial charge in [0, 0.05) is 5.56 Å². The van der Waals surface area contributed by atoms with Crippen molar-refractivity contribution in [2.75, 3.05) is 0 Å². The lowest BCUT2D eigenvalue weighted by Crippen LogP contribution is -2.07. The minimum Gasteiger partial charge on any atom is -0.485 e. The maximum atomic E-state index is 11.0. The van der Waals surface area contributed by atoms with Crippen LogP contribution in [0.15, 0.2) is 42.5 Å². The number of para-hydroxylation sites is 1. The number of hydrogen-bond acceptors (Lipinski definition) is 3. The Bertz CT molecular complexity index is 663. The molecule has 1 atom stereocenters. The smallest absolute Gasteiger partial charge is 0.310 e. The minimum atomic E-state index is -0.859. The summed E-state index contributed by atoms with van der Waals surface area (Å²) in [6, 6.07) is 12.9. The van der Waals surface area contributed by atoms with E-state index in [-0.39, 0.29) is 0 Å². The molecule has 0 bridgehead atoms. The molecule has 0 unspecified atom stereocenters. The van der Waals surface area contributed by atoms with Gasteiger partial charge >= 0.3 is 5.97 Å². The fourth-order valence-corrected chi connectivity index (χ4v) is 2.13. The van der Waals surface area contributed by atoms with Gasteiger partial charge in [0.2, 0.25) is 0 Å². The van der Waals surface area contributed by atoms with Crippen molar-refractivity contribution >= 4 is 5.97 Å². The molecule has 1 N–H and O–H groups in total. The number of carboxylic acid groups (broad SMARTS) is 1. The number of carbonyl (C=O) groups is 1. The van der Waals surface area contributed by atoms with E-state index in [1.165, 1.54) is 0 Å². The fraction of sp³-hybridized carbons (Fsp3) is 0.188. The Morgan fingerprint density at radius 3 is 2.75 bits per heavy atom. The molecular formula is C16H14O4. The first-order chi connectivity index (χ1) is 9.65. The average molecular weight is 270 g/mol. The Morgan fingerprint density at radius 1 is 1.15 bits per heavy atom. The predicted octanol–water partition coefficient (Wildman–Crippen LogP) is 3.56. The van der Waals surface area contributed by atoms with Gasteiger partial charge in [-0.3, -0.25) is 4.79 Å². The second-order valence-corrected chi connectivity index (χ2v) is 4.76. The third-order valence-electron chi connectivity index (χ3n) is 3.41. The highest BCUT2D eigenvalue weighted by Gasteiger charge is 2.19. The second-order valence-electron chi connectivity index (χ2n) is 4.76. The van der Waals surface area contributed by atoms with Gasteiger partial charge in [-0.15, -0.1) is 0 Å². The summed E-state index contributed by atoms with van der Waals surface area (Å²) in [5, 5.41) is 9.06. The molecule has 0 amide bonds. The van der Waals surface area contributed by atoms with E-state index in [1.807, 2.05) is 24.3 Å². The summed E-state index contributed by atoms with van der Waals surface area (Å²) in [5.41, 5.74) is 1.67. The van der Waals surface area contributed by atoms with E-state index < -0.39 is 11.9 Å². The molecule has 0 aromatic heterocycles. The molecule has 1 aliphatic heterocycles. The van der Waals surface area contributed by atoms with Crippen LogP contribution in [-0.4, -0.2) is 11.1 Å². The van der Waals surface area contributed by atoms with Crippen LogP contribution in [0.5, 0.6) is 17.2 Å². The summed E-state index contributed by atoms with van der Waals surface area (Å²) in [7, 11) is 0. The van der Waals surface area contributed by atoms with Crippen LogP contribution in [0, 0.1) is 0 Å². The number of rotatable bonds is 2. The largest absolute Gasteiger partial charge is 0.485 e. The zero-order valence-corrected chi connectivity index (χ0v) is 11.0. The summed E-state index contributed by atoms with van der Waals surface area (Å²) >= 11 is 0. The monoisotopic (exact) mass is 270 g/mol. The van der Waals surface area contributed by atoms with Gasteiger partial charge in [0.05, 0.1) is 5.92 Å². The number of benzene rings is 2. The fourth-order valence-electron chi connectivity index (χ4n) is 2.13. The maximum absolute atomic E-state index is 11.0. The topological polar surface area (TPSA) is 55.8 Å². The summed E-state index contributed by atoms with van der Waals surface area (Å²) in [6.45, 7) is 2.06. The molecular weight excluding hydrogens is 256 g/mol. The molecule has 0 spiro atoms. The molecule has 2 aromatic carbocycles. The highest BCUT2D eigenvalue weighted by atomic mass is 16.5. The van der Waals surface area contributed by atoms with Crippen molar-refractivity contribution in [3.8, 4) is 17.2 Å². The molecule has 0 fully saturated rings. The van der Waals surface area contributed by atoms with Crippen molar-refractivity contribution in [3.63, 3.8) is 0 Å². The lowest BCUT2D eigenvalue weighted by atomic mass is 10.0. The number of hydrogen-bond donors (Lipinski definition) is 1. The molecule has 0 saturated carbocycles. The molecule has 0 saturated heterocycles. The van der Waals surface area contributed by atoms with Crippen LogP contribution < -0.4 is 9.47 Å². The van der Waals surface area contributed by atoms with Crippen LogP contribution in [0.2, 0.25) is 0 Å². The second kappa shape index (κ2) is 4.89. The zero-order chi connectivity index (χ0) is 14.1. The molecule has 20 heavy (non-hydrogen) atoms. The van der Waals surface area contributed by atoms with E-state index >= 15 is 0 Å². The first-order valence-electron chi connectivity index (χ1n) is 6.40. The quantitative estimate of drug-likeness (QED) is 0.906. The van der Waals surface area contributed by atoms with Crippen LogP contribution in [0.3, 0.4) is 0 Å². The molecule has 4 heteroatoms. The van der Waals surface area contributed by atoms with Gasteiger partial charge in [0.1, 0.15) is 12.4 Å². The van der Waals surface area contributed by atoms with Gasteiger partial charge in [-0.2, -0.15) is 0 Å². The highest BCUT2D eigenvalue weighted by molar-refractivity contribution is 5.76. The molecule has 3 rings (SSSR count). The van der Waals surface area contributed by atoms with E-state index in [4.69, 9.17) is 14.6 Å². The molecule has 0 radical (unpaired) electrons. The van der Waals surface area contributed by atoms with Crippen molar-refractivity contribution in [1.82, 2.24) is 0 Å². The van der Waals surface area contributed by atoms with E-state index in [0.717, 1.165) is 11.3 Å². The highest BCUT2D eigenvalue weighted by Crippen LogP contribution is 2.38. The van der Waals surface area contributed by atoms with Crippen LogP contribution >= 0.6 is 0 Å². The maximum Gasteiger partial charge on any atom is 0.310 e. The van der Waals surface area contributed by atoms with Gasteiger partial charge in [-0.25, -0.2) is 0 Å². The Morgan fingerprint density at radius 2 is 1.95 bits per heavy atom. The SMILES string of the molecule is C[C@@H](C(=O)O)c1ccc2c(c1)OCc1ccccc1O2. The van der Waals surface area contributed by atoms with Crippen LogP contribution in [0.25, 0.3) is 0 Å². The van der Waals surface area contributed by atoms with Gasteiger partial charge in [-0.05, 0) is 30.7 Å². The summed E-state index contributed by atoms with van der Waals surface area (Å²) in [4.78, 5) is 11.0. The zero-order valence-electron chi connectivity index (χ0n) is 11.0. The van der Waals surface area contributed by atoms with Crippen molar-refractivity contribution in [1.29, 1.82) is 0 Å². The van der Waals surface area contributed by atoms with Crippen LogP contribution in [-0.2, 0) is 11.4 Å². The number of fused-ring (bicyclic) bond motifs is 2. The normalized spacial score (nSPS) is 14.1. The van der Waals surface area contributed by atoms with E-state index in [1.54, 1.807) is 25.1 Å². The molecule has 102 valence electrons. The third kappa shape index (κ3) is 2.20. The van der Waals surface area contributed by atoms with Crippen molar-refractivity contribution in [2.45, 2.75) is 19.4 Å². The van der Waals surface area contributed by atoms with Crippen molar-refractivity contribution < 1.29 is 19.4 Å². The first-order valence-corrected chi connectivity index (χ1v) is 6.40. The number of aliphatic carboxylic acids is 1. The molecule has 1 heterocycles. The molecule has 2 aromatic rings. The standard InChI is InChI=1S/C16H14O4/c1-10(16(17)18)11-6-7-14-15(8-11)19-9-12-4-2-3-5-13(12)20-14/h2-8,10H,9H2,1H3,(H,17,18)/t10-/m1/s1. The Hall–Kier alpha value is -2.49. The summed E-state index contributed by atoms with van der Waals surface area (Å²) in [5.74, 6) is 0.519.